The Bertz CT molecular complexity index is 1470. The number of aromatic nitrogens is 4. The lowest BCUT2D eigenvalue weighted by Gasteiger charge is -2.31. The molecule has 0 aromatic carbocycles. The summed E-state index contributed by atoms with van der Waals surface area (Å²) in [6, 6.07) is 3.14. The third kappa shape index (κ3) is 3.46. The number of nitrogens with zero attached hydrogens (tertiary/aromatic N) is 5. The summed E-state index contributed by atoms with van der Waals surface area (Å²) in [6.45, 7) is 3.10. The molecule has 6 rings (SSSR count). The van der Waals surface area contributed by atoms with Gasteiger partial charge in [0.2, 0.25) is 5.76 Å². The van der Waals surface area contributed by atoms with Crippen molar-refractivity contribution in [1.29, 1.82) is 0 Å². The number of hydrogen-bond donors (Lipinski definition) is 0. The lowest BCUT2D eigenvalue weighted by Crippen LogP contribution is -2.37. The van der Waals surface area contributed by atoms with Gasteiger partial charge in [-0.3, -0.25) is 4.79 Å². The van der Waals surface area contributed by atoms with Crippen LogP contribution in [0.15, 0.2) is 21.3 Å². The molecule has 1 aliphatic carbocycles. The summed E-state index contributed by atoms with van der Waals surface area (Å²) in [4.78, 5) is 33.2. The Morgan fingerprint density at radius 1 is 1.18 bits per heavy atom. The molecule has 10 nitrogen and oxygen atoms in total. The number of fused-ring (bicyclic) bond motifs is 5. The van der Waals surface area contributed by atoms with E-state index >= 15 is 0 Å². The lowest BCUT2D eigenvalue weighted by atomic mass is 9.90. The highest BCUT2D eigenvalue weighted by molar-refractivity contribution is 7.25. The van der Waals surface area contributed by atoms with Gasteiger partial charge in [-0.1, -0.05) is 5.21 Å². The Morgan fingerprint density at radius 2 is 1.97 bits per heavy atom. The summed E-state index contributed by atoms with van der Waals surface area (Å²) in [6.07, 6.45) is 4.17. The number of carbonyl (C=O) groups is 1. The molecule has 0 bridgehead atoms. The van der Waals surface area contributed by atoms with Crippen molar-refractivity contribution in [3.05, 3.63) is 45.1 Å². The summed E-state index contributed by atoms with van der Waals surface area (Å²) >= 11 is 1.37. The van der Waals surface area contributed by atoms with Gasteiger partial charge in [0.1, 0.15) is 33.2 Å². The number of pyridine rings is 1. The summed E-state index contributed by atoms with van der Waals surface area (Å²) in [5, 5.41) is 9.61. The van der Waals surface area contributed by atoms with E-state index < -0.39 is 5.97 Å². The number of rotatable bonds is 4. The third-order valence-electron chi connectivity index (χ3n) is 6.46. The number of anilines is 1. The molecule has 4 aromatic heterocycles. The van der Waals surface area contributed by atoms with Crippen LogP contribution >= 0.6 is 11.3 Å². The van der Waals surface area contributed by atoms with E-state index in [2.05, 4.69) is 19.9 Å². The Hall–Kier alpha value is -3.31. The Morgan fingerprint density at radius 3 is 2.76 bits per heavy atom. The summed E-state index contributed by atoms with van der Waals surface area (Å²) in [7, 11) is 1.28. The van der Waals surface area contributed by atoms with Gasteiger partial charge in [0, 0.05) is 18.5 Å². The molecule has 11 heteroatoms. The molecule has 2 aliphatic rings. The zero-order valence-electron chi connectivity index (χ0n) is 18.7. The maximum atomic E-state index is 13.3. The molecule has 1 saturated heterocycles. The molecule has 34 heavy (non-hydrogen) atoms. The van der Waals surface area contributed by atoms with E-state index in [4.69, 9.17) is 14.1 Å². The molecule has 1 fully saturated rings. The first kappa shape index (κ1) is 21.2. The fourth-order valence-corrected chi connectivity index (χ4v) is 5.89. The predicted octanol–water partition coefficient (Wildman–Crippen LogP) is 2.54. The monoisotopic (exact) mass is 481 g/mol. The summed E-state index contributed by atoms with van der Waals surface area (Å²) < 4.78 is 17.5. The van der Waals surface area contributed by atoms with E-state index in [1.54, 1.807) is 6.07 Å². The molecular weight excluding hydrogens is 458 g/mol. The topological polar surface area (TPSA) is 113 Å². The highest BCUT2D eigenvalue weighted by Gasteiger charge is 2.27. The van der Waals surface area contributed by atoms with Crippen molar-refractivity contribution in [2.45, 2.75) is 32.2 Å². The number of esters is 1. The van der Waals surface area contributed by atoms with Crippen LogP contribution in [0.2, 0.25) is 0 Å². The van der Waals surface area contributed by atoms with Gasteiger partial charge in [-0.05, 0) is 48.9 Å². The van der Waals surface area contributed by atoms with Crippen molar-refractivity contribution >= 4 is 43.6 Å². The molecule has 0 saturated carbocycles. The fraction of sp³-hybridized carbons (Fsp3) is 0.435. The first-order valence-corrected chi connectivity index (χ1v) is 12.2. The Balaban J connectivity index is 1.45. The Labute approximate surface area is 198 Å². The average Bonchev–Trinajstić information content (AvgIpc) is 3.50. The molecule has 0 amide bonds. The number of aryl methyl sites for hydroxylation is 1. The van der Waals surface area contributed by atoms with Crippen LogP contribution in [-0.2, 0) is 28.9 Å². The second-order valence-electron chi connectivity index (χ2n) is 8.47. The molecule has 5 heterocycles. The van der Waals surface area contributed by atoms with Gasteiger partial charge in [-0.25, -0.2) is 14.5 Å². The maximum absolute atomic E-state index is 13.3. The van der Waals surface area contributed by atoms with Gasteiger partial charge < -0.3 is 18.8 Å². The van der Waals surface area contributed by atoms with Gasteiger partial charge in [0.25, 0.3) is 5.56 Å². The Kier molecular flexibility index (Phi) is 5.30. The minimum Gasteiger partial charge on any atom is -0.463 e. The molecule has 176 valence electrons. The highest BCUT2D eigenvalue weighted by Crippen LogP contribution is 2.40. The van der Waals surface area contributed by atoms with Crippen molar-refractivity contribution in [3.8, 4) is 0 Å². The maximum Gasteiger partial charge on any atom is 0.373 e. The van der Waals surface area contributed by atoms with Crippen molar-refractivity contribution in [3.63, 3.8) is 0 Å². The zero-order chi connectivity index (χ0) is 23.2. The van der Waals surface area contributed by atoms with Crippen molar-refractivity contribution < 1.29 is 18.7 Å². The molecule has 0 atom stereocenters. The molecule has 0 spiro atoms. The minimum atomic E-state index is -0.573. The van der Waals surface area contributed by atoms with E-state index in [0.717, 1.165) is 54.8 Å². The van der Waals surface area contributed by atoms with Crippen LogP contribution in [0.4, 0.5) is 5.82 Å². The van der Waals surface area contributed by atoms with Crippen molar-refractivity contribution in [2.75, 3.05) is 38.3 Å². The lowest BCUT2D eigenvalue weighted by molar-refractivity contribution is 0.0562. The van der Waals surface area contributed by atoms with Gasteiger partial charge in [-0.2, -0.15) is 0 Å². The van der Waals surface area contributed by atoms with Gasteiger partial charge >= 0.3 is 5.97 Å². The summed E-state index contributed by atoms with van der Waals surface area (Å²) in [5.41, 5.74) is 2.90. The van der Waals surface area contributed by atoms with Gasteiger partial charge in [0.05, 0.1) is 20.3 Å². The van der Waals surface area contributed by atoms with E-state index in [1.165, 1.54) is 40.3 Å². The fourth-order valence-electron chi connectivity index (χ4n) is 4.81. The molecule has 0 N–H and O–H groups in total. The normalized spacial score (nSPS) is 16.2. The van der Waals surface area contributed by atoms with Crippen LogP contribution in [0.25, 0.3) is 20.4 Å². The number of furan rings is 1. The smallest absolute Gasteiger partial charge is 0.373 e. The van der Waals surface area contributed by atoms with Crippen molar-refractivity contribution in [1.82, 2.24) is 20.0 Å². The number of morpholine rings is 1. The first-order valence-electron chi connectivity index (χ1n) is 11.4. The van der Waals surface area contributed by atoms with E-state index in [-0.39, 0.29) is 17.9 Å². The summed E-state index contributed by atoms with van der Waals surface area (Å²) in [5.74, 6) is 0.947. The van der Waals surface area contributed by atoms with Crippen LogP contribution in [0.1, 0.15) is 40.3 Å². The third-order valence-corrected chi connectivity index (χ3v) is 7.52. The van der Waals surface area contributed by atoms with E-state index in [0.29, 0.717) is 29.2 Å². The largest absolute Gasteiger partial charge is 0.463 e. The SMILES string of the molecule is COC(=O)c1ccc(Cn2nnc3c(sc4nc(N5CCOCC5)c5c(c43)CCCC5)c2=O)o1. The number of carbonyl (C=O) groups excluding carboxylic acids is 1. The minimum absolute atomic E-state index is 0.0670. The van der Waals surface area contributed by atoms with Gasteiger partial charge in [-0.15, -0.1) is 16.4 Å². The average molecular weight is 482 g/mol. The zero-order valence-corrected chi connectivity index (χ0v) is 19.5. The second-order valence-corrected chi connectivity index (χ2v) is 9.47. The van der Waals surface area contributed by atoms with E-state index in [9.17, 15) is 9.59 Å². The highest BCUT2D eigenvalue weighted by atomic mass is 32.1. The van der Waals surface area contributed by atoms with Crippen molar-refractivity contribution in [2.24, 2.45) is 0 Å². The molecule has 4 aromatic rings. The molecular formula is C23H23N5O5S. The first-order chi connectivity index (χ1) is 16.6. The van der Waals surface area contributed by atoms with Crippen LogP contribution in [0, 0.1) is 0 Å². The van der Waals surface area contributed by atoms with Crippen LogP contribution in [-0.4, -0.2) is 59.4 Å². The second kappa shape index (κ2) is 8.48. The molecule has 1 aliphatic heterocycles. The molecule has 0 radical (unpaired) electrons. The van der Waals surface area contributed by atoms with Gasteiger partial charge in [0.15, 0.2) is 0 Å². The number of ether oxygens (including phenoxy) is 2. The van der Waals surface area contributed by atoms with Crippen LogP contribution in [0.5, 0.6) is 0 Å². The van der Waals surface area contributed by atoms with Crippen LogP contribution in [0.3, 0.4) is 0 Å². The standard InChI is InChI=1S/C23H23N5O5S/c1-31-23(30)16-7-6-13(33-16)12-28-22(29)19-18(25-26-28)17-14-4-2-3-5-15(14)20(24-21(17)34-19)27-8-10-32-11-9-27/h6-7H,2-5,8-12H2,1H3. The molecule has 0 unspecified atom stereocenters. The van der Waals surface area contributed by atoms with E-state index in [1.807, 2.05) is 0 Å². The number of hydrogen-bond acceptors (Lipinski definition) is 10. The number of methoxy groups -OCH3 is 1. The quantitative estimate of drug-likeness (QED) is 0.406. The number of thiophene rings is 1. The predicted molar refractivity (Wildman–Crippen MR) is 126 cm³/mol. The van der Waals surface area contributed by atoms with Crippen LogP contribution < -0.4 is 10.5 Å².